The number of hydrogen-bond donors (Lipinski definition) is 1. The van der Waals surface area contributed by atoms with Crippen molar-refractivity contribution < 1.29 is 4.74 Å². The van der Waals surface area contributed by atoms with Gasteiger partial charge in [-0.2, -0.15) is 0 Å². The summed E-state index contributed by atoms with van der Waals surface area (Å²) in [5.74, 6) is 0.878. The average Bonchev–Trinajstić information content (AvgIpc) is 2.64. The Bertz CT molecular complexity index is 381. The third-order valence-corrected chi connectivity index (χ3v) is 3.98. The molecule has 0 radical (unpaired) electrons. The molecule has 1 aliphatic rings. The summed E-state index contributed by atoms with van der Waals surface area (Å²) in [6.45, 7) is 5.29. The summed E-state index contributed by atoms with van der Waals surface area (Å²) in [7, 11) is 0. The molecule has 0 aromatic heterocycles. The van der Waals surface area contributed by atoms with Crippen LogP contribution in [-0.4, -0.2) is 30.6 Å². The molecule has 0 bridgehead atoms. The Hall–Kier alpha value is -1.22. The number of nitrogen functional groups attached to an aromatic ring is 1. The fourth-order valence-corrected chi connectivity index (χ4v) is 2.88. The van der Waals surface area contributed by atoms with Gasteiger partial charge in [-0.25, -0.2) is 0 Å². The fourth-order valence-electron chi connectivity index (χ4n) is 2.88. The molecule has 3 nitrogen and oxygen atoms in total. The van der Waals surface area contributed by atoms with Gasteiger partial charge in [-0.05, 0) is 37.9 Å². The van der Waals surface area contributed by atoms with Crippen molar-refractivity contribution in [2.24, 2.45) is 0 Å². The van der Waals surface area contributed by atoms with Crippen LogP contribution in [0.4, 0.5) is 5.69 Å². The van der Waals surface area contributed by atoms with E-state index in [1.165, 1.54) is 38.6 Å². The minimum Gasteiger partial charge on any atom is -0.492 e. The van der Waals surface area contributed by atoms with Gasteiger partial charge in [-0.3, -0.25) is 4.90 Å². The third kappa shape index (κ3) is 4.43. The van der Waals surface area contributed by atoms with Gasteiger partial charge in [0, 0.05) is 24.3 Å². The molecule has 2 rings (SSSR count). The maximum absolute atomic E-state index is 5.80. The number of likely N-dealkylation sites (tertiary alicyclic amines) is 1. The van der Waals surface area contributed by atoms with E-state index in [0.717, 1.165) is 30.6 Å². The molecular formula is C16H26N2O. The molecule has 0 spiro atoms. The van der Waals surface area contributed by atoms with Crippen LogP contribution in [-0.2, 0) is 0 Å². The highest BCUT2D eigenvalue weighted by molar-refractivity contribution is 5.43. The number of rotatable bonds is 5. The van der Waals surface area contributed by atoms with E-state index in [9.17, 15) is 0 Å². The highest BCUT2D eigenvalue weighted by Gasteiger charge is 2.18. The Balaban J connectivity index is 1.80. The summed E-state index contributed by atoms with van der Waals surface area (Å²) in [5, 5.41) is 0. The molecule has 1 saturated heterocycles. The molecule has 0 amide bonds. The molecular weight excluding hydrogens is 236 g/mol. The lowest BCUT2D eigenvalue weighted by Gasteiger charge is -2.28. The van der Waals surface area contributed by atoms with Gasteiger partial charge in [0.15, 0.2) is 0 Å². The minimum absolute atomic E-state index is 0.743. The highest BCUT2D eigenvalue weighted by atomic mass is 16.5. The molecule has 106 valence electrons. The van der Waals surface area contributed by atoms with Gasteiger partial charge >= 0.3 is 0 Å². The van der Waals surface area contributed by atoms with Crippen LogP contribution in [0.25, 0.3) is 0 Å². The molecule has 0 saturated carbocycles. The first-order chi connectivity index (χ1) is 9.29. The third-order valence-electron chi connectivity index (χ3n) is 3.98. The Morgan fingerprint density at radius 3 is 3.00 bits per heavy atom. The first-order valence-corrected chi connectivity index (χ1v) is 7.52. The van der Waals surface area contributed by atoms with E-state index in [1.54, 1.807) is 0 Å². The monoisotopic (exact) mass is 262 g/mol. The zero-order valence-electron chi connectivity index (χ0n) is 12.0. The van der Waals surface area contributed by atoms with Crippen molar-refractivity contribution in [1.82, 2.24) is 4.90 Å². The Morgan fingerprint density at radius 2 is 2.21 bits per heavy atom. The number of nitrogens with two attached hydrogens (primary N) is 1. The Kier molecular flexibility index (Phi) is 5.52. The smallest absolute Gasteiger partial charge is 0.121 e. The van der Waals surface area contributed by atoms with E-state index in [-0.39, 0.29) is 0 Å². The summed E-state index contributed by atoms with van der Waals surface area (Å²) in [5.41, 5.74) is 6.51. The van der Waals surface area contributed by atoms with Gasteiger partial charge in [0.05, 0.1) is 0 Å². The summed E-state index contributed by atoms with van der Waals surface area (Å²) < 4.78 is 5.80. The maximum atomic E-state index is 5.80. The lowest BCUT2D eigenvalue weighted by molar-refractivity contribution is 0.158. The van der Waals surface area contributed by atoms with Crippen LogP contribution in [0.5, 0.6) is 5.75 Å². The van der Waals surface area contributed by atoms with Crippen LogP contribution in [0, 0.1) is 0 Å². The second-order valence-electron chi connectivity index (χ2n) is 5.37. The average molecular weight is 262 g/mol. The maximum Gasteiger partial charge on any atom is 0.121 e. The van der Waals surface area contributed by atoms with Crippen molar-refractivity contribution in [2.75, 3.05) is 25.4 Å². The van der Waals surface area contributed by atoms with Gasteiger partial charge in [-0.15, -0.1) is 0 Å². The van der Waals surface area contributed by atoms with Crippen LogP contribution in [0.2, 0.25) is 0 Å². The van der Waals surface area contributed by atoms with E-state index in [4.69, 9.17) is 10.5 Å². The summed E-state index contributed by atoms with van der Waals surface area (Å²) in [6.07, 6.45) is 6.68. The predicted octanol–water partition coefficient (Wildman–Crippen LogP) is 3.30. The van der Waals surface area contributed by atoms with Gasteiger partial charge in [0.1, 0.15) is 12.4 Å². The number of benzene rings is 1. The van der Waals surface area contributed by atoms with Crippen molar-refractivity contribution >= 4 is 5.69 Å². The Morgan fingerprint density at radius 1 is 1.32 bits per heavy atom. The van der Waals surface area contributed by atoms with Crippen molar-refractivity contribution in [2.45, 2.75) is 45.1 Å². The van der Waals surface area contributed by atoms with Gasteiger partial charge < -0.3 is 10.5 Å². The SMILES string of the molecule is CCC1CCCCCN1CCOc1cccc(N)c1. The summed E-state index contributed by atoms with van der Waals surface area (Å²) >= 11 is 0. The molecule has 19 heavy (non-hydrogen) atoms. The Labute approximate surface area is 116 Å². The first kappa shape index (κ1) is 14.2. The van der Waals surface area contributed by atoms with Crippen LogP contribution in [0.1, 0.15) is 39.0 Å². The molecule has 1 atom stereocenters. The highest BCUT2D eigenvalue weighted by Crippen LogP contribution is 2.19. The number of ether oxygens (including phenoxy) is 1. The van der Waals surface area contributed by atoms with Gasteiger partial charge in [0.2, 0.25) is 0 Å². The van der Waals surface area contributed by atoms with Crippen LogP contribution >= 0.6 is 0 Å². The first-order valence-electron chi connectivity index (χ1n) is 7.52. The molecule has 3 heteroatoms. The quantitative estimate of drug-likeness (QED) is 0.827. The fraction of sp³-hybridized carbons (Fsp3) is 0.625. The summed E-state index contributed by atoms with van der Waals surface area (Å²) in [4.78, 5) is 2.60. The zero-order chi connectivity index (χ0) is 13.5. The molecule has 1 unspecified atom stereocenters. The van der Waals surface area contributed by atoms with Gasteiger partial charge in [0.25, 0.3) is 0 Å². The van der Waals surface area contributed by atoms with Crippen molar-refractivity contribution in [3.8, 4) is 5.75 Å². The molecule has 1 aromatic carbocycles. The van der Waals surface area contributed by atoms with Crippen molar-refractivity contribution in [3.05, 3.63) is 24.3 Å². The van der Waals surface area contributed by atoms with Gasteiger partial charge in [-0.1, -0.05) is 25.8 Å². The minimum atomic E-state index is 0.743. The normalized spacial score (nSPS) is 21.0. The molecule has 1 fully saturated rings. The largest absolute Gasteiger partial charge is 0.492 e. The lowest BCUT2D eigenvalue weighted by Crippen LogP contribution is -2.37. The number of hydrogen-bond acceptors (Lipinski definition) is 3. The van der Waals surface area contributed by atoms with E-state index < -0.39 is 0 Å². The molecule has 2 N–H and O–H groups in total. The molecule has 1 aliphatic heterocycles. The standard InChI is InChI=1S/C16H26N2O/c1-2-15-8-4-3-5-10-18(15)11-12-19-16-9-6-7-14(17)13-16/h6-7,9,13,15H,2-5,8,10-12,17H2,1H3. The lowest BCUT2D eigenvalue weighted by atomic mass is 10.1. The van der Waals surface area contributed by atoms with E-state index in [0.29, 0.717) is 0 Å². The summed E-state index contributed by atoms with van der Waals surface area (Å²) in [6, 6.07) is 8.42. The topological polar surface area (TPSA) is 38.5 Å². The number of anilines is 1. The van der Waals surface area contributed by atoms with Crippen molar-refractivity contribution in [3.63, 3.8) is 0 Å². The van der Waals surface area contributed by atoms with Crippen molar-refractivity contribution in [1.29, 1.82) is 0 Å². The number of nitrogens with zero attached hydrogens (tertiary/aromatic N) is 1. The zero-order valence-corrected chi connectivity index (χ0v) is 12.0. The second kappa shape index (κ2) is 7.39. The predicted molar refractivity (Wildman–Crippen MR) is 80.5 cm³/mol. The van der Waals surface area contributed by atoms with E-state index in [1.807, 2.05) is 24.3 Å². The van der Waals surface area contributed by atoms with Crippen LogP contribution in [0.3, 0.4) is 0 Å². The second-order valence-corrected chi connectivity index (χ2v) is 5.37. The molecule has 1 aromatic rings. The van der Waals surface area contributed by atoms with E-state index >= 15 is 0 Å². The molecule has 0 aliphatic carbocycles. The molecule has 1 heterocycles. The van der Waals surface area contributed by atoms with E-state index in [2.05, 4.69) is 11.8 Å². The van der Waals surface area contributed by atoms with Crippen LogP contribution in [0.15, 0.2) is 24.3 Å². The van der Waals surface area contributed by atoms with Crippen LogP contribution < -0.4 is 10.5 Å².